The number of hydrogen-bond donors (Lipinski definition) is 1. The van der Waals surface area contributed by atoms with Gasteiger partial charge in [0.05, 0.1) is 11.3 Å². The molecule has 1 amide bonds. The number of thioether (sulfide) groups is 1. The van der Waals surface area contributed by atoms with Crippen molar-refractivity contribution < 1.29 is 9.21 Å². The Balaban J connectivity index is 1.29. The van der Waals surface area contributed by atoms with E-state index in [9.17, 15) is 4.79 Å². The molecule has 0 radical (unpaired) electrons. The Bertz CT molecular complexity index is 1550. The van der Waals surface area contributed by atoms with E-state index in [1.165, 1.54) is 28.9 Å². The average molecular weight is 480 g/mol. The highest BCUT2D eigenvalue weighted by Gasteiger charge is 2.36. The van der Waals surface area contributed by atoms with Gasteiger partial charge in [-0.25, -0.2) is 0 Å². The third kappa shape index (κ3) is 3.69. The van der Waals surface area contributed by atoms with Crippen molar-refractivity contribution in [3.63, 3.8) is 0 Å². The fourth-order valence-electron chi connectivity index (χ4n) is 3.92. The van der Waals surface area contributed by atoms with Crippen LogP contribution in [0.3, 0.4) is 0 Å². The normalized spacial score (nSPS) is 16.7. The first kappa shape index (κ1) is 20.8. The molecule has 0 saturated heterocycles. The third-order valence-corrected chi connectivity index (χ3v) is 7.36. The second kappa shape index (κ2) is 8.52. The molecule has 2 aliphatic rings. The van der Waals surface area contributed by atoms with Gasteiger partial charge in [0.25, 0.3) is 5.91 Å². The summed E-state index contributed by atoms with van der Waals surface area (Å²) in [5.41, 5.74) is 1.99. The zero-order chi connectivity index (χ0) is 23.1. The Morgan fingerprint density at radius 3 is 2.62 bits per heavy atom. The molecule has 3 aromatic carbocycles. The van der Waals surface area contributed by atoms with Gasteiger partial charge in [-0.1, -0.05) is 90.3 Å². The van der Waals surface area contributed by atoms with E-state index in [1.54, 1.807) is 11.0 Å². The van der Waals surface area contributed by atoms with Crippen LogP contribution in [0.25, 0.3) is 22.5 Å². The Hall–Kier alpha value is -3.81. The Morgan fingerprint density at radius 2 is 1.74 bits per heavy atom. The fourth-order valence-corrected chi connectivity index (χ4v) is 5.74. The highest BCUT2D eigenvalue weighted by Crippen LogP contribution is 2.38. The van der Waals surface area contributed by atoms with Crippen molar-refractivity contribution in [1.82, 2.24) is 4.90 Å². The van der Waals surface area contributed by atoms with Crippen LogP contribution in [-0.2, 0) is 4.79 Å². The second-order valence-corrected chi connectivity index (χ2v) is 9.55. The van der Waals surface area contributed by atoms with Gasteiger partial charge in [-0.05, 0) is 40.6 Å². The first-order valence-corrected chi connectivity index (χ1v) is 12.3. The molecule has 1 N–H and O–H groups in total. The van der Waals surface area contributed by atoms with E-state index in [0.717, 1.165) is 21.5 Å². The van der Waals surface area contributed by atoms with Crippen LogP contribution in [0.2, 0.25) is 0 Å². The summed E-state index contributed by atoms with van der Waals surface area (Å²) in [6.45, 7) is 0. The van der Waals surface area contributed by atoms with Crippen molar-refractivity contribution in [3.05, 3.63) is 107 Å². The number of benzene rings is 3. The van der Waals surface area contributed by atoms with Gasteiger partial charge in [0.2, 0.25) is 0 Å². The molecule has 0 aliphatic carbocycles. The number of rotatable bonds is 4. The first-order chi connectivity index (χ1) is 16.7. The molecule has 2 aliphatic heterocycles. The maximum atomic E-state index is 12.7. The molecule has 0 saturated carbocycles. The molecule has 5 nitrogen and oxygen atoms in total. The van der Waals surface area contributed by atoms with Gasteiger partial charge in [0.1, 0.15) is 11.6 Å². The minimum absolute atomic E-state index is 0.0924. The summed E-state index contributed by atoms with van der Waals surface area (Å²) < 4.78 is 6.01. The summed E-state index contributed by atoms with van der Waals surface area (Å²) in [5.74, 6) is 0.160. The van der Waals surface area contributed by atoms with Gasteiger partial charge >= 0.3 is 0 Å². The SMILES string of the molecule is N=C1/C(=C/c2ccc(Sc3cccc4ccccc34)o2)C(=O)N=C2SC=C(c3ccccc3)N12. The molecule has 6 rings (SSSR count). The Morgan fingerprint density at radius 1 is 0.941 bits per heavy atom. The predicted octanol–water partition coefficient (Wildman–Crippen LogP) is 6.89. The number of nitrogens with zero attached hydrogens (tertiary/aromatic N) is 2. The summed E-state index contributed by atoms with van der Waals surface area (Å²) in [4.78, 5) is 19.7. The molecule has 164 valence electrons. The smallest absolute Gasteiger partial charge is 0.283 e. The number of carbonyl (C=O) groups excluding carboxylic acids is 1. The van der Waals surface area contributed by atoms with Crippen LogP contribution in [0.5, 0.6) is 0 Å². The molecule has 1 aromatic heterocycles. The lowest BCUT2D eigenvalue weighted by atomic mass is 10.1. The molecule has 0 fully saturated rings. The van der Waals surface area contributed by atoms with Gasteiger partial charge in [0, 0.05) is 10.3 Å². The topological polar surface area (TPSA) is 69.7 Å². The van der Waals surface area contributed by atoms with Gasteiger partial charge in [-0.2, -0.15) is 4.99 Å². The summed E-state index contributed by atoms with van der Waals surface area (Å²) in [6, 6.07) is 27.9. The summed E-state index contributed by atoms with van der Waals surface area (Å²) >= 11 is 2.88. The van der Waals surface area contributed by atoms with Crippen LogP contribution in [0.1, 0.15) is 11.3 Å². The number of hydrogen-bond acceptors (Lipinski definition) is 5. The van der Waals surface area contributed by atoms with Crippen molar-refractivity contribution >= 4 is 63.0 Å². The number of nitrogens with one attached hydrogen (secondary N) is 1. The van der Waals surface area contributed by atoms with E-state index < -0.39 is 5.91 Å². The lowest BCUT2D eigenvalue weighted by molar-refractivity contribution is -0.114. The van der Waals surface area contributed by atoms with E-state index in [2.05, 4.69) is 29.3 Å². The van der Waals surface area contributed by atoms with Crippen LogP contribution >= 0.6 is 23.5 Å². The molecule has 3 heterocycles. The van der Waals surface area contributed by atoms with Crippen molar-refractivity contribution in [2.45, 2.75) is 9.99 Å². The van der Waals surface area contributed by atoms with Crippen molar-refractivity contribution in [2.75, 3.05) is 0 Å². The number of fused-ring (bicyclic) bond motifs is 2. The highest BCUT2D eigenvalue weighted by molar-refractivity contribution is 8.17. The molecule has 0 spiro atoms. The summed E-state index contributed by atoms with van der Waals surface area (Å²) in [6.07, 6.45) is 1.60. The van der Waals surface area contributed by atoms with E-state index >= 15 is 0 Å². The van der Waals surface area contributed by atoms with Gasteiger partial charge in [-0.3, -0.25) is 15.1 Å². The number of carbonyl (C=O) groups is 1. The Labute approximate surface area is 204 Å². The van der Waals surface area contributed by atoms with Crippen LogP contribution in [0.15, 0.2) is 115 Å². The molecule has 0 bridgehead atoms. The summed E-state index contributed by atoms with van der Waals surface area (Å²) in [5, 5.41) is 14.2. The van der Waals surface area contributed by atoms with Crippen LogP contribution in [0, 0.1) is 5.41 Å². The average Bonchev–Trinajstić information content (AvgIpc) is 3.49. The standard InChI is InChI=1S/C27H17N3O2S2/c28-25-21(26(31)29-27-30(25)22(16-33-27)18-8-2-1-3-9-18)15-19-13-14-24(32-19)34-23-12-6-10-17-7-4-5-11-20(17)23/h1-16,28H/b21-15-,28-25?. The molecule has 0 atom stereocenters. The van der Waals surface area contributed by atoms with Gasteiger partial charge in [0.15, 0.2) is 10.3 Å². The van der Waals surface area contributed by atoms with Crippen LogP contribution in [0.4, 0.5) is 0 Å². The minimum atomic E-state index is -0.439. The zero-order valence-corrected chi connectivity index (χ0v) is 19.4. The van der Waals surface area contributed by atoms with E-state index in [1.807, 2.05) is 66.1 Å². The molecule has 0 unspecified atom stereocenters. The second-order valence-electron chi connectivity index (χ2n) is 7.66. The molecule has 34 heavy (non-hydrogen) atoms. The zero-order valence-electron chi connectivity index (χ0n) is 17.8. The number of aliphatic imine (C=N–C) groups is 1. The number of amides is 1. The lowest BCUT2D eigenvalue weighted by Crippen LogP contribution is -2.37. The molecule has 4 aromatic rings. The van der Waals surface area contributed by atoms with Crippen LogP contribution < -0.4 is 0 Å². The molecular formula is C27H17N3O2S2. The monoisotopic (exact) mass is 479 g/mol. The van der Waals surface area contributed by atoms with E-state index in [-0.39, 0.29) is 11.4 Å². The quantitative estimate of drug-likeness (QED) is 0.323. The van der Waals surface area contributed by atoms with E-state index in [4.69, 9.17) is 9.83 Å². The van der Waals surface area contributed by atoms with E-state index in [0.29, 0.717) is 16.0 Å². The molecule has 7 heteroatoms. The highest BCUT2D eigenvalue weighted by atomic mass is 32.2. The molecular weight excluding hydrogens is 462 g/mol. The first-order valence-electron chi connectivity index (χ1n) is 10.6. The van der Waals surface area contributed by atoms with Gasteiger partial charge in [-0.15, -0.1) is 0 Å². The predicted molar refractivity (Wildman–Crippen MR) is 139 cm³/mol. The van der Waals surface area contributed by atoms with Crippen LogP contribution in [-0.4, -0.2) is 21.8 Å². The fraction of sp³-hybridized carbons (Fsp3) is 0. The van der Waals surface area contributed by atoms with Crippen molar-refractivity contribution in [1.29, 1.82) is 5.41 Å². The lowest BCUT2D eigenvalue weighted by Gasteiger charge is -2.26. The number of furan rings is 1. The van der Waals surface area contributed by atoms with Gasteiger partial charge < -0.3 is 4.42 Å². The third-order valence-electron chi connectivity index (χ3n) is 5.53. The Kier molecular flexibility index (Phi) is 5.20. The summed E-state index contributed by atoms with van der Waals surface area (Å²) in [7, 11) is 0. The minimum Gasteiger partial charge on any atom is -0.450 e. The largest absolute Gasteiger partial charge is 0.450 e. The maximum Gasteiger partial charge on any atom is 0.283 e. The van der Waals surface area contributed by atoms with Crippen molar-refractivity contribution in [2.24, 2.45) is 4.99 Å². The number of amidine groups is 2. The maximum absolute atomic E-state index is 12.7. The van der Waals surface area contributed by atoms with Crippen molar-refractivity contribution in [3.8, 4) is 0 Å².